The summed E-state index contributed by atoms with van der Waals surface area (Å²) in [4.78, 5) is 29.6. The monoisotopic (exact) mass is 456 g/mol. The summed E-state index contributed by atoms with van der Waals surface area (Å²) in [6.07, 6.45) is 1.86. The summed E-state index contributed by atoms with van der Waals surface area (Å²) in [7, 11) is 0. The Morgan fingerprint density at radius 2 is 1.78 bits per heavy atom. The lowest BCUT2D eigenvalue weighted by Gasteiger charge is -2.22. The van der Waals surface area contributed by atoms with Gasteiger partial charge >= 0.3 is 0 Å². The van der Waals surface area contributed by atoms with Gasteiger partial charge in [0.2, 0.25) is 11.6 Å². The average molecular weight is 457 g/mol. The number of aryl methyl sites for hydroxylation is 2. The Hall–Kier alpha value is -2.64. The lowest BCUT2D eigenvalue weighted by atomic mass is 10.0. The lowest BCUT2D eigenvalue weighted by Crippen LogP contribution is -2.38. The van der Waals surface area contributed by atoms with Crippen molar-refractivity contribution in [3.63, 3.8) is 0 Å². The van der Waals surface area contributed by atoms with Crippen molar-refractivity contribution in [3.05, 3.63) is 63.1 Å². The molecule has 1 aromatic heterocycles. The van der Waals surface area contributed by atoms with E-state index in [1.807, 2.05) is 30.9 Å². The van der Waals surface area contributed by atoms with Gasteiger partial charge in [-0.1, -0.05) is 17.7 Å². The number of halogens is 1. The van der Waals surface area contributed by atoms with Crippen LogP contribution in [0.15, 0.2) is 30.5 Å². The summed E-state index contributed by atoms with van der Waals surface area (Å²) in [5.41, 5.74) is 3.50. The third-order valence-electron chi connectivity index (χ3n) is 6.72. The number of hydrogen-bond acceptors (Lipinski definition) is 4. The van der Waals surface area contributed by atoms with Crippen molar-refractivity contribution >= 4 is 29.1 Å². The molecular weight excluding hydrogens is 428 g/mol. The van der Waals surface area contributed by atoms with Gasteiger partial charge in [0.15, 0.2) is 6.20 Å². The van der Waals surface area contributed by atoms with Crippen molar-refractivity contribution in [2.75, 3.05) is 38.0 Å². The lowest BCUT2D eigenvalue weighted by molar-refractivity contribution is -0.612. The highest BCUT2D eigenvalue weighted by atomic mass is 35.5. The third-order valence-corrected chi connectivity index (χ3v) is 7.13. The molecule has 0 bridgehead atoms. The molecule has 3 heterocycles. The van der Waals surface area contributed by atoms with E-state index < -0.39 is 0 Å². The van der Waals surface area contributed by atoms with E-state index in [0.29, 0.717) is 59.9 Å². The Kier molecular flexibility index (Phi) is 6.40. The van der Waals surface area contributed by atoms with Crippen LogP contribution in [-0.2, 0) is 4.79 Å². The zero-order valence-electron chi connectivity index (χ0n) is 18.7. The van der Waals surface area contributed by atoms with Crippen LogP contribution in [0.25, 0.3) is 0 Å². The van der Waals surface area contributed by atoms with Crippen LogP contribution in [0, 0.1) is 37.8 Å². The first-order valence-electron chi connectivity index (χ1n) is 11.0. The molecular formula is C24H29ClN4O3. The first kappa shape index (κ1) is 22.6. The van der Waals surface area contributed by atoms with E-state index in [1.54, 1.807) is 19.1 Å². The van der Waals surface area contributed by atoms with E-state index in [1.165, 1.54) is 6.20 Å². The molecule has 4 rings (SSSR count). The molecule has 2 aliphatic rings. The number of rotatable bonds is 5. The predicted octanol–water partition coefficient (Wildman–Crippen LogP) is 2.93. The number of nitrogens with one attached hydrogen (secondary N) is 1. The van der Waals surface area contributed by atoms with Crippen molar-refractivity contribution in [1.29, 1.82) is 0 Å². The molecule has 0 aliphatic carbocycles. The maximum absolute atomic E-state index is 13.1. The molecule has 7 nitrogen and oxygen atoms in total. The van der Waals surface area contributed by atoms with Crippen molar-refractivity contribution in [3.8, 4) is 0 Å². The largest absolute Gasteiger partial charge is 0.618 e. The van der Waals surface area contributed by atoms with E-state index >= 15 is 0 Å². The number of pyridine rings is 1. The molecule has 2 aromatic rings. The Morgan fingerprint density at radius 3 is 2.44 bits per heavy atom. The second-order valence-corrected chi connectivity index (χ2v) is 9.44. The van der Waals surface area contributed by atoms with Crippen LogP contribution in [0.1, 0.15) is 33.6 Å². The topological polar surface area (TPSA) is 79.6 Å². The smallest absolute Gasteiger partial charge is 0.260 e. The van der Waals surface area contributed by atoms with Gasteiger partial charge in [-0.3, -0.25) is 9.59 Å². The highest BCUT2D eigenvalue weighted by Crippen LogP contribution is 2.32. The molecule has 2 aliphatic heterocycles. The molecule has 8 heteroatoms. The molecule has 2 saturated heterocycles. The van der Waals surface area contributed by atoms with Crippen molar-refractivity contribution in [2.45, 2.75) is 27.2 Å². The minimum atomic E-state index is -0.0534. The number of aromatic nitrogens is 1. The van der Waals surface area contributed by atoms with E-state index in [9.17, 15) is 14.8 Å². The molecule has 2 atom stereocenters. The normalized spacial score (nSPS) is 20.4. The maximum atomic E-state index is 13.1. The number of benzene rings is 1. The predicted molar refractivity (Wildman–Crippen MR) is 124 cm³/mol. The standard InChI is InChI=1S/C24H29ClN4O3/c1-15-4-5-20(10-21(15)25)26-22(30)7-8-27-11-18-13-28(14-19(18)12-27)24(31)23-16(2)6-9-29(32)17(23)3/h4-6,9-10,18-19H,7-8,11-14H2,1-3H3,(H,26,30). The van der Waals surface area contributed by atoms with Gasteiger partial charge in [-0.15, -0.1) is 0 Å². The minimum Gasteiger partial charge on any atom is -0.618 e. The Balaban J connectivity index is 1.28. The summed E-state index contributed by atoms with van der Waals surface area (Å²) in [6, 6.07) is 7.21. The van der Waals surface area contributed by atoms with Crippen LogP contribution in [-0.4, -0.2) is 54.3 Å². The number of carbonyl (C=O) groups is 2. The maximum Gasteiger partial charge on any atom is 0.260 e. The number of fused-ring (bicyclic) bond motifs is 1. The van der Waals surface area contributed by atoms with Gasteiger partial charge in [-0.05, 0) is 48.9 Å². The van der Waals surface area contributed by atoms with Crippen LogP contribution in [0.3, 0.4) is 0 Å². The van der Waals surface area contributed by atoms with Gasteiger partial charge in [-0.2, -0.15) is 4.73 Å². The SMILES string of the molecule is Cc1ccc(NC(=O)CCN2CC3CN(C(=O)c4c(C)cc[n+]([O-])c4C)CC3C2)cc1Cl. The second kappa shape index (κ2) is 9.08. The second-order valence-electron chi connectivity index (χ2n) is 9.04. The van der Waals surface area contributed by atoms with Gasteiger partial charge in [0.25, 0.3) is 5.91 Å². The summed E-state index contributed by atoms with van der Waals surface area (Å²) in [5.74, 6) is 0.727. The van der Waals surface area contributed by atoms with Crippen molar-refractivity contribution in [2.24, 2.45) is 11.8 Å². The van der Waals surface area contributed by atoms with Crippen molar-refractivity contribution in [1.82, 2.24) is 9.80 Å². The fraction of sp³-hybridized carbons (Fsp3) is 0.458. The molecule has 2 unspecified atom stereocenters. The average Bonchev–Trinajstić information content (AvgIpc) is 3.31. The van der Waals surface area contributed by atoms with Gasteiger partial charge in [0, 0.05) is 62.8 Å². The first-order chi connectivity index (χ1) is 15.2. The molecule has 2 fully saturated rings. The number of anilines is 1. The van der Waals surface area contributed by atoms with Crippen LogP contribution < -0.4 is 10.0 Å². The number of likely N-dealkylation sites (tertiary alicyclic amines) is 2. The van der Waals surface area contributed by atoms with E-state index in [0.717, 1.165) is 28.9 Å². The minimum absolute atomic E-state index is 0.0280. The van der Waals surface area contributed by atoms with Crippen molar-refractivity contribution < 1.29 is 14.3 Å². The van der Waals surface area contributed by atoms with Crippen LogP contribution in [0.5, 0.6) is 0 Å². The van der Waals surface area contributed by atoms with Gasteiger partial charge in [-0.25, -0.2) is 0 Å². The molecule has 1 N–H and O–H groups in total. The van der Waals surface area contributed by atoms with Crippen LogP contribution in [0.2, 0.25) is 5.02 Å². The van der Waals surface area contributed by atoms with Crippen LogP contribution >= 0.6 is 11.6 Å². The quantitative estimate of drug-likeness (QED) is 0.554. The molecule has 1 aromatic carbocycles. The van der Waals surface area contributed by atoms with E-state index in [4.69, 9.17) is 11.6 Å². The highest BCUT2D eigenvalue weighted by Gasteiger charge is 2.42. The Labute approximate surface area is 193 Å². The van der Waals surface area contributed by atoms with E-state index in [-0.39, 0.29) is 11.8 Å². The number of amides is 2. The Morgan fingerprint density at radius 1 is 1.09 bits per heavy atom. The zero-order chi connectivity index (χ0) is 23.0. The first-order valence-corrected chi connectivity index (χ1v) is 11.4. The fourth-order valence-corrected chi connectivity index (χ4v) is 5.02. The highest BCUT2D eigenvalue weighted by molar-refractivity contribution is 6.31. The van der Waals surface area contributed by atoms with Gasteiger partial charge in [0.1, 0.15) is 5.56 Å². The van der Waals surface area contributed by atoms with E-state index in [2.05, 4.69) is 10.2 Å². The molecule has 0 radical (unpaired) electrons. The zero-order valence-corrected chi connectivity index (χ0v) is 19.5. The third kappa shape index (κ3) is 4.59. The summed E-state index contributed by atoms with van der Waals surface area (Å²) >= 11 is 6.13. The number of nitrogens with zero attached hydrogens (tertiary/aromatic N) is 3. The Bertz CT molecular complexity index is 1040. The molecule has 32 heavy (non-hydrogen) atoms. The fourth-order valence-electron chi connectivity index (χ4n) is 4.84. The summed E-state index contributed by atoms with van der Waals surface area (Å²) in [5, 5.41) is 15.5. The molecule has 170 valence electrons. The van der Waals surface area contributed by atoms with Gasteiger partial charge < -0.3 is 20.3 Å². The summed E-state index contributed by atoms with van der Waals surface area (Å²) < 4.78 is 0.758. The molecule has 0 spiro atoms. The number of hydrogen-bond donors (Lipinski definition) is 1. The number of carbonyl (C=O) groups excluding carboxylic acids is 2. The molecule has 0 saturated carbocycles. The molecule has 2 amide bonds. The van der Waals surface area contributed by atoms with Crippen LogP contribution in [0.4, 0.5) is 5.69 Å². The van der Waals surface area contributed by atoms with Gasteiger partial charge in [0.05, 0.1) is 0 Å². The summed E-state index contributed by atoms with van der Waals surface area (Å²) in [6.45, 7) is 9.34.